The number of benzene rings is 1. The maximum absolute atomic E-state index is 3.48. The van der Waals surface area contributed by atoms with E-state index < -0.39 is 0 Å². The van der Waals surface area contributed by atoms with Gasteiger partial charge in [-0.1, -0.05) is 38.1 Å². The third kappa shape index (κ3) is 2.46. The average Bonchev–Trinajstić information content (AvgIpc) is 3.06. The van der Waals surface area contributed by atoms with Crippen LogP contribution in [0.5, 0.6) is 0 Å². The van der Waals surface area contributed by atoms with Crippen molar-refractivity contribution >= 4 is 0 Å². The van der Waals surface area contributed by atoms with Crippen molar-refractivity contribution in [3.8, 4) is 0 Å². The SMILES string of the molecule is CCc1ccc(CC(NC)C2(C)CC2)cc1. The zero-order chi connectivity index (χ0) is 11.6. The molecule has 0 aromatic heterocycles. The highest BCUT2D eigenvalue weighted by molar-refractivity contribution is 5.24. The van der Waals surface area contributed by atoms with Crippen molar-refractivity contribution in [2.24, 2.45) is 5.41 Å². The van der Waals surface area contributed by atoms with Gasteiger partial charge in [-0.05, 0) is 49.3 Å². The molecule has 1 atom stereocenters. The molecule has 2 rings (SSSR count). The molecule has 1 saturated carbocycles. The molecule has 0 amide bonds. The second-order valence-corrected chi connectivity index (χ2v) is 5.37. The van der Waals surface area contributed by atoms with E-state index in [9.17, 15) is 0 Å². The molecule has 1 nitrogen and oxygen atoms in total. The third-order valence-electron chi connectivity index (χ3n) is 4.10. The van der Waals surface area contributed by atoms with Gasteiger partial charge >= 0.3 is 0 Å². The molecule has 0 spiro atoms. The average molecular weight is 217 g/mol. The summed E-state index contributed by atoms with van der Waals surface area (Å²) in [6.07, 6.45) is 5.06. The minimum Gasteiger partial charge on any atom is -0.316 e. The van der Waals surface area contributed by atoms with Gasteiger partial charge in [-0.2, -0.15) is 0 Å². The first kappa shape index (κ1) is 11.7. The van der Waals surface area contributed by atoms with Crippen LogP contribution in [0.25, 0.3) is 0 Å². The lowest BCUT2D eigenvalue weighted by atomic mass is 9.92. The van der Waals surface area contributed by atoms with Crippen LogP contribution in [-0.2, 0) is 12.8 Å². The Morgan fingerprint density at radius 3 is 2.19 bits per heavy atom. The van der Waals surface area contributed by atoms with E-state index in [1.807, 2.05) is 0 Å². The lowest BCUT2D eigenvalue weighted by Crippen LogP contribution is -2.35. The molecule has 1 unspecified atom stereocenters. The van der Waals surface area contributed by atoms with Gasteiger partial charge in [0.2, 0.25) is 0 Å². The summed E-state index contributed by atoms with van der Waals surface area (Å²) < 4.78 is 0. The standard InChI is InChI=1S/C15H23N/c1-4-12-5-7-13(8-6-12)11-14(16-3)15(2)9-10-15/h5-8,14,16H,4,9-11H2,1-3H3. The minimum absolute atomic E-state index is 0.554. The Morgan fingerprint density at radius 1 is 1.19 bits per heavy atom. The van der Waals surface area contributed by atoms with Gasteiger partial charge in [0.05, 0.1) is 0 Å². The van der Waals surface area contributed by atoms with Gasteiger partial charge in [-0.3, -0.25) is 0 Å². The summed E-state index contributed by atoms with van der Waals surface area (Å²) >= 11 is 0. The molecular weight excluding hydrogens is 194 g/mol. The van der Waals surface area contributed by atoms with Gasteiger partial charge in [0, 0.05) is 6.04 Å². The highest BCUT2D eigenvalue weighted by atomic mass is 14.9. The van der Waals surface area contributed by atoms with Crippen molar-refractivity contribution in [2.75, 3.05) is 7.05 Å². The molecule has 88 valence electrons. The fraction of sp³-hybridized carbons (Fsp3) is 0.600. The number of hydrogen-bond donors (Lipinski definition) is 1. The largest absolute Gasteiger partial charge is 0.316 e. The van der Waals surface area contributed by atoms with Gasteiger partial charge in [0.25, 0.3) is 0 Å². The first-order chi connectivity index (χ1) is 7.68. The van der Waals surface area contributed by atoms with Crippen LogP contribution in [0.3, 0.4) is 0 Å². The summed E-state index contributed by atoms with van der Waals surface area (Å²) in [7, 11) is 2.09. The molecule has 1 aliphatic carbocycles. The molecule has 1 heteroatoms. The van der Waals surface area contributed by atoms with Gasteiger partial charge in [0.15, 0.2) is 0 Å². The van der Waals surface area contributed by atoms with Crippen LogP contribution in [0.1, 0.15) is 37.8 Å². The Labute approximate surface area is 99.3 Å². The molecule has 1 N–H and O–H groups in total. The predicted octanol–water partition coefficient (Wildman–Crippen LogP) is 3.18. The smallest absolute Gasteiger partial charge is 0.0158 e. The van der Waals surface area contributed by atoms with E-state index in [-0.39, 0.29) is 0 Å². The fourth-order valence-electron chi connectivity index (χ4n) is 2.39. The summed E-state index contributed by atoms with van der Waals surface area (Å²) in [5, 5.41) is 3.48. The van der Waals surface area contributed by atoms with Crippen molar-refractivity contribution in [1.82, 2.24) is 5.32 Å². The fourth-order valence-corrected chi connectivity index (χ4v) is 2.39. The number of likely N-dealkylation sites (N-methyl/N-ethyl adjacent to an activating group) is 1. The van der Waals surface area contributed by atoms with Gasteiger partial charge in [0.1, 0.15) is 0 Å². The molecule has 0 saturated heterocycles. The number of aryl methyl sites for hydroxylation is 1. The Hall–Kier alpha value is -0.820. The van der Waals surface area contributed by atoms with E-state index in [1.165, 1.54) is 24.0 Å². The molecule has 16 heavy (non-hydrogen) atoms. The third-order valence-corrected chi connectivity index (χ3v) is 4.10. The summed E-state index contributed by atoms with van der Waals surface area (Å²) in [6.45, 7) is 4.60. The molecule has 0 aliphatic heterocycles. The van der Waals surface area contributed by atoms with Crippen molar-refractivity contribution in [3.05, 3.63) is 35.4 Å². The monoisotopic (exact) mass is 217 g/mol. The van der Waals surface area contributed by atoms with Crippen molar-refractivity contribution in [1.29, 1.82) is 0 Å². The highest BCUT2D eigenvalue weighted by Crippen LogP contribution is 2.48. The van der Waals surface area contributed by atoms with Crippen LogP contribution in [-0.4, -0.2) is 13.1 Å². The second-order valence-electron chi connectivity index (χ2n) is 5.37. The van der Waals surface area contributed by atoms with Crippen LogP contribution in [0.2, 0.25) is 0 Å². The highest BCUT2D eigenvalue weighted by Gasteiger charge is 2.43. The molecule has 1 aromatic rings. The first-order valence-corrected chi connectivity index (χ1v) is 6.43. The van der Waals surface area contributed by atoms with Crippen LogP contribution in [0, 0.1) is 5.41 Å². The second kappa shape index (κ2) is 4.58. The Balaban J connectivity index is 2.01. The van der Waals surface area contributed by atoms with Gasteiger partial charge in [-0.25, -0.2) is 0 Å². The van der Waals surface area contributed by atoms with E-state index in [2.05, 4.69) is 50.5 Å². The molecular formula is C15H23N. The molecule has 0 heterocycles. The predicted molar refractivity (Wildman–Crippen MR) is 69.7 cm³/mol. The maximum Gasteiger partial charge on any atom is 0.0158 e. The van der Waals surface area contributed by atoms with Gasteiger partial charge < -0.3 is 5.32 Å². The number of hydrogen-bond acceptors (Lipinski definition) is 1. The van der Waals surface area contributed by atoms with Gasteiger partial charge in [-0.15, -0.1) is 0 Å². The zero-order valence-corrected chi connectivity index (χ0v) is 10.7. The maximum atomic E-state index is 3.48. The minimum atomic E-state index is 0.554. The Bertz CT molecular complexity index is 335. The van der Waals surface area contributed by atoms with Crippen molar-refractivity contribution in [3.63, 3.8) is 0 Å². The summed E-state index contributed by atoms with van der Waals surface area (Å²) in [6, 6.07) is 9.73. The van der Waals surface area contributed by atoms with Crippen LogP contribution in [0.15, 0.2) is 24.3 Å². The van der Waals surface area contributed by atoms with Crippen LogP contribution >= 0.6 is 0 Å². The molecule has 0 radical (unpaired) electrons. The summed E-state index contributed by atoms with van der Waals surface area (Å²) in [4.78, 5) is 0. The van der Waals surface area contributed by atoms with E-state index in [0.29, 0.717) is 11.5 Å². The molecule has 0 bridgehead atoms. The first-order valence-electron chi connectivity index (χ1n) is 6.43. The van der Waals surface area contributed by atoms with Crippen molar-refractivity contribution < 1.29 is 0 Å². The van der Waals surface area contributed by atoms with E-state index in [0.717, 1.165) is 12.8 Å². The normalized spacial score (nSPS) is 19.4. The lowest BCUT2D eigenvalue weighted by Gasteiger charge is -2.23. The Morgan fingerprint density at radius 2 is 1.75 bits per heavy atom. The van der Waals surface area contributed by atoms with Crippen LogP contribution < -0.4 is 5.32 Å². The lowest BCUT2D eigenvalue weighted by molar-refractivity contribution is 0.376. The summed E-state index contributed by atoms with van der Waals surface area (Å²) in [5.41, 5.74) is 3.45. The van der Waals surface area contributed by atoms with E-state index >= 15 is 0 Å². The van der Waals surface area contributed by atoms with Crippen molar-refractivity contribution in [2.45, 2.75) is 45.6 Å². The quantitative estimate of drug-likeness (QED) is 0.798. The topological polar surface area (TPSA) is 12.0 Å². The van der Waals surface area contributed by atoms with E-state index in [4.69, 9.17) is 0 Å². The molecule has 1 aromatic carbocycles. The van der Waals surface area contributed by atoms with Crippen LogP contribution in [0.4, 0.5) is 0 Å². The van der Waals surface area contributed by atoms with E-state index in [1.54, 1.807) is 0 Å². The number of rotatable bonds is 5. The molecule has 1 aliphatic rings. The summed E-state index contributed by atoms with van der Waals surface area (Å²) in [5.74, 6) is 0. The number of nitrogens with one attached hydrogen (secondary N) is 1. The molecule has 1 fully saturated rings. The Kier molecular flexibility index (Phi) is 3.34. The zero-order valence-electron chi connectivity index (χ0n) is 10.7.